The van der Waals surface area contributed by atoms with Crippen molar-refractivity contribution in [3.8, 4) is 5.88 Å². The van der Waals surface area contributed by atoms with Crippen LogP contribution in [-0.2, 0) is 0 Å². The smallest absolute Gasteiger partial charge is 0.239 e. The lowest BCUT2D eigenvalue weighted by atomic mass is 10.2. The van der Waals surface area contributed by atoms with Crippen molar-refractivity contribution in [3.63, 3.8) is 0 Å². The Morgan fingerprint density at radius 2 is 2.14 bits per heavy atom. The van der Waals surface area contributed by atoms with Gasteiger partial charge in [0.25, 0.3) is 0 Å². The zero-order chi connectivity index (χ0) is 14.8. The molecule has 2 heterocycles. The second-order valence-electron chi connectivity index (χ2n) is 6.57. The van der Waals surface area contributed by atoms with Gasteiger partial charge in [0.05, 0.1) is 12.3 Å². The third-order valence-electron chi connectivity index (χ3n) is 4.27. The molecule has 21 heavy (non-hydrogen) atoms. The highest BCUT2D eigenvalue weighted by Crippen LogP contribution is 2.32. The number of nitrogens with two attached hydrogens (primary N) is 1. The monoisotopic (exact) mass is 290 g/mol. The molecule has 2 aliphatic rings. The zero-order valence-electron chi connectivity index (χ0n) is 13.1. The highest BCUT2D eigenvalue weighted by Gasteiger charge is 2.27. The molecule has 1 atom stereocenters. The van der Waals surface area contributed by atoms with Gasteiger partial charge in [-0.15, -0.1) is 0 Å². The summed E-state index contributed by atoms with van der Waals surface area (Å²) in [6.45, 7) is 2.88. The number of anilines is 2. The van der Waals surface area contributed by atoms with Gasteiger partial charge in [0.1, 0.15) is 5.82 Å². The standard InChI is InChI=1S/C16H26N4O/c1-19(2)10-13-4-3-9-20(13)15-8-7-14(17)16(18-15)21-11-12-5-6-12/h7-8,12-13H,3-6,9-11,17H2,1-2H3. The van der Waals surface area contributed by atoms with Crippen molar-refractivity contribution in [1.82, 2.24) is 9.88 Å². The second kappa shape index (κ2) is 6.10. The Morgan fingerprint density at radius 3 is 2.86 bits per heavy atom. The van der Waals surface area contributed by atoms with E-state index in [0.29, 0.717) is 23.5 Å². The zero-order valence-corrected chi connectivity index (χ0v) is 13.1. The highest BCUT2D eigenvalue weighted by molar-refractivity contribution is 5.55. The van der Waals surface area contributed by atoms with Crippen LogP contribution >= 0.6 is 0 Å². The number of nitrogens with zero attached hydrogens (tertiary/aromatic N) is 3. The van der Waals surface area contributed by atoms with Crippen LogP contribution in [0.3, 0.4) is 0 Å². The number of hydrogen-bond acceptors (Lipinski definition) is 5. The van der Waals surface area contributed by atoms with E-state index in [1.54, 1.807) is 0 Å². The number of nitrogen functional groups attached to an aromatic ring is 1. The molecule has 1 saturated carbocycles. The van der Waals surface area contributed by atoms with Crippen molar-refractivity contribution in [2.75, 3.05) is 44.4 Å². The predicted octanol–water partition coefficient (Wildman–Crippen LogP) is 1.98. The maximum atomic E-state index is 6.00. The van der Waals surface area contributed by atoms with E-state index >= 15 is 0 Å². The Morgan fingerprint density at radius 1 is 1.33 bits per heavy atom. The van der Waals surface area contributed by atoms with Gasteiger partial charge in [-0.2, -0.15) is 4.98 Å². The lowest BCUT2D eigenvalue weighted by Gasteiger charge is -2.28. The third kappa shape index (κ3) is 3.59. The molecule has 0 aromatic carbocycles. The first kappa shape index (κ1) is 14.4. The summed E-state index contributed by atoms with van der Waals surface area (Å²) in [7, 11) is 4.24. The van der Waals surface area contributed by atoms with Crippen molar-refractivity contribution in [2.24, 2.45) is 5.92 Å². The Hall–Kier alpha value is -1.49. The van der Waals surface area contributed by atoms with Crippen LogP contribution in [0.25, 0.3) is 0 Å². The molecule has 116 valence electrons. The fourth-order valence-electron chi connectivity index (χ4n) is 2.95. The van der Waals surface area contributed by atoms with Gasteiger partial charge in [0.2, 0.25) is 5.88 Å². The van der Waals surface area contributed by atoms with Gasteiger partial charge >= 0.3 is 0 Å². The lowest BCUT2D eigenvalue weighted by Crippen LogP contribution is -2.38. The fourth-order valence-corrected chi connectivity index (χ4v) is 2.95. The van der Waals surface area contributed by atoms with Gasteiger partial charge in [0.15, 0.2) is 0 Å². The molecule has 5 heteroatoms. The van der Waals surface area contributed by atoms with Crippen LogP contribution in [0.1, 0.15) is 25.7 Å². The van der Waals surface area contributed by atoms with E-state index in [0.717, 1.165) is 25.5 Å². The van der Waals surface area contributed by atoms with Crippen LogP contribution in [0.4, 0.5) is 11.5 Å². The van der Waals surface area contributed by atoms with Crippen LogP contribution < -0.4 is 15.4 Å². The predicted molar refractivity (Wildman–Crippen MR) is 85.8 cm³/mol. The van der Waals surface area contributed by atoms with Gasteiger partial charge in [-0.25, -0.2) is 0 Å². The van der Waals surface area contributed by atoms with Crippen molar-refractivity contribution >= 4 is 11.5 Å². The van der Waals surface area contributed by atoms with Gasteiger partial charge < -0.3 is 20.3 Å². The molecule has 1 aliphatic heterocycles. The number of pyridine rings is 1. The summed E-state index contributed by atoms with van der Waals surface area (Å²) >= 11 is 0. The maximum Gasteiger partial charge on any atom is 0.239 e. The first-order valence-corrected chi connectivity index (χ1v) is 7.94. The SMILES string of the molecule is CN(C)CC1CCCN1c1ccc(N)c(OCC2CC2)n1. The van der Waals surface area contributed by atoms with Gasteiger partial charge in [-0.1, -0.05) is 0 Å². The highest BCUT2D eigenvalue weighted by atomic mass is 16.5. The molecule has 1 aromatic heterocycles. The Kier molecular flexibility index (Phi) is 4.19. The van der Waals surface area contributed by atoms with Crippen LogP contribution in [0, 0.1) is 5.92 Å². The molecular weight excluding hydrogens is 264 g/mol. The summed E-state index contributed by atoms with van der Waals surface area (Å²) in [6, 6.07) is 4.48. The molecule has 0 spiro atoms. The Balaban J connectivity index is 1.72. The van der Waals surface area contributed by atoms with Crippen LogP contribution in [-0.4, -0.2) is 49.7 Å². The van der Waals surface area contributed by atoms with Crippen LogP contribution in [0.5, 0.6) is 5.88 Å². The molecule has 1 saturated heterocycles. The molecule has 1 aromatic rings. The van der Waals surface area contributed by atoms with Crippen molar-refractivity contribution in [3.05, 3.63) is 12.1 Å². The first-order valence-electron chi connectivity index (χ1n) is 7.94. The van der Waals surface area contributed by atoms with Crippen molar-refractivity contribution in [1.29, 1.82) is 0 Å². The van der Waals surface area contributed by atoms with Crippen molar-refractivity contribution in [2.45, 2.75) is 31.7 Å². The lowest BCUT2D eigenvalue weighted by molar-refractivity contribution is 0.290. The number of aromatic nitrogens is 1. The van der Waals surface area contributed by atoms with Crippen molar-refractivity contribution < 1.29 is 4.74 Å². The normalized spacial score (nSPS) is 22.0. The molecule has 3 rings (SSSR count). The Bertz CT molecular complexity index is 487. The maximum absolute atomic E-state index is 6.00. The van der Waals surface area contributed by atoms with E-state index < -0.39 is 0 Å². The second-order valence-corrected chi connectivity index (χ2v) is 6.57. The summed E-state index contributed by atoms with van der Waals surface area (Å²) < 4.78 is 5.80. The molecule has 2 N–H and O–H groups in total. The molecular formula is C16H26N4O. The van der Waals surface area contributed by atoms with Gasteiger partial charge in [0, 0.05) is 19.1 Å². The minimum absolute atomic E-state index is 0.535. The molecule has 0 amide bonds. The third-order valence-corrected chi connectivity index (χ3v) is 4.27. The average Bonchev–Trinajstić information content (AvgIpc) is 3.17. The number of rotatable bonds is 6. The molecule has 1 unspecified atom stereocenters. The van der Waals surface area contributed by atoms with E-state index in [4.69, 9.17) is 10.5 Å². The van der Waals surface area contributed by atoms with E-state index in [-0.39, 0.29) is 0 Å². The number of hydrogen-bond donors (Lipinski definition) is 1. The van der Waals surface area contributed by atoms with E-state index in [2.05, 4.69) is 28.9 Å². The minimum Gasteiger partial charge on any atom is -0.476 e. The number of ether oxygens (including phenoxy) is 1. The first-order chi connectivity index (χ1) is 10.1. The number of likely N-dealkylation sites (N-methyl/N-ethyl adjacent to an activating group) is 1. The molecule has 0 radical (unpaired) electrons. The fraction of sp³-hybridized carbons (Fsp3) is 0.688. The van der Waals surface area contributed by atoms with Crippen LogP contribution in [0.2, 0.25) is 0 Å². The quantitative estimate of drug-likeness (QED) is 0.868. The van der Waals surface area contributed by atoms with E-state index in [1.165, 1.54) is 25.7 Å². The largest absolute Gasteiger partial charge is 0.476 e. The van der Waals surface area contributed by atoms with Crippen LogP contribution in [0.15, 0.2) is 12.1 Å². The molecule has 0 bridgehead atoms. The molecule has 1 aliphatic carbocycles. The van der Waals surface area contributed by atoms with E-state index in [9.17, 15) is 0 Å². The van der Waals surface area contributed by atoms with Gasteiger partial charge in [-0.05, 0) is 57.8 Å². The summed E-state index contributed by atoms with van der Waals surface area (Å²) in [4.78, 5) is 9.30. The summed E-state index contributed by atoms with van der Waals surface area (Å²) in [6.07, 6.45) is 5.00. The minimum atomic E-state index is 0.535. The topological polar surface area (TPSA) is 54.6 Å². The summed E-state index contributed by atoms with van der Waals surface area (Å²) in [5.74, 6) is 2.32. The molecule has 5 nitrogen and oxygen atoms in total. The average molecular weight is 290 g/mol. The summed E-state index contributed by atoms with van der Waals surface area (Å²) in [5, 5.41) is 0. The Labute approximate surface area is 127 Å². The molecule has 2 fully saturated rings. The van der Waals surface area contributed by atoms with Gasteiger partial charge in [-0.3, -0.25) is 0 Å². The van der Waals surface area contributed by atoms with E-state index in [1.807, 2.05) is 12.1 Å². The summed E-state index contributed by atoms with van der Waals surface area (Å²) in [5.41, 5.74) is 6.64.